The molecule has 1 unspecified atom stereocenters. The van der Waals surface area contributed by atoms with E-state index in [4.69, 9.17) is 0 Å². The number of phenolic OH excluding ortho intramolecular Hbond substituents is 1. The van der Waals surface area contributed by atoms with Gasteiger partial charge >= 0.3 is 0 Å². The van der Waals surface area contributed by atoms with Crippen molar-refractivity contribution in [3.05, 3.63) is 65.7 Å². The molecular formula is C18H20N2O2. The molecule has 2 aromatic carbocycles. The highest BCUT2D eigenvalue weighted by Gasteiger charge is 2.42. The zero-order valence-corrected chi connectivity index (χ0v) is 12.4. The Hall–Kier alpha value is -2.33. The van der Waals surface area contributed by atoms with E-state index in [2.05, 4.69) is 10.6 Å². The number of nitrogens with one attached hydrogen (secondary N) is 2. The molecule has 0 aromatic heterocycles. The van der Waals surface area contributed by atoms with Crippen LogP contribution in [0, 0.1) is 0 Å². The number of rotatable bonds is 4. The van der Waals surface area contributed by atoms with Crippen molar-refractivity contribution in [3.8, 4) is 5.75 Å². The van der Waals surface area contributed by atoms with Gasteiger partial charge in [-0.2, -0.15) is 0 Å². The molecule has 0 radical (unpaired) electrons. The van der Waals surface area contributed by atoms with Crippen LogP contribution in [0.15, 0.2) is 54.6 Å². The minimum Gasteiger partial charge on any atom is -0.508 e. The maximum absolute atomic E-state index is 12.8. The largest absolute Gasteiger partial charge is 0.508 e. The summed E-state index contributed by atoms with van der Waals surface area (Å²) < 4.78 is 0. The Labute approximate surface area is 130 Å². The molecule has 4 heteroatoms. The second kappa shape index (κ2) is 6.20. The van der Waals surface area contributed by atoms with Gasteiger partial charge in [-0.05, 0) is 31.0 Å². The van der Waals surface area contributed by atoms with Gasteiger partial charge < -0.3 is 10.4 Å². The minimum absolute atomic E-state index is 0.0422. The highest BCUT2D eigenvalue weighted by molar-refractivity contribution is 5.88. The van der Waals surface area contributed by atoms with Crippen molar-refractivity contribution < 1.29 is 9.90 Å². The molecule has 2 aromatic rings. The van der Waals surface area contributed by atoms with E-state index in [1.807, 2.05) is 42.5 Å². The number of hydrogen-bond donors (Lipinski definition) is 3. The van der Waals surface area contributed by atoms with Crippen molar-refractivity contribution >= 4 is 5.91 Å². The summed E-state index contributed by atoms with van der Waals surface area (Å²) in [6.07, 6.45) is 1.75. The quantitative estimate of drug-likeness (QED) is 0.811. The summed E-state index contributed by atoms with van der Waals surface area (Å²) in [5.74, 6) is 0.162. The molecule has 4 nitrogen and oxygen atoms in total. The van der Waals surface area contributed by atoms with Crippen LogP contribution in [0.1, 0.15) is 24.0 Å². The molecule has 0 saturated carbocycles. The van der Waals surface area contributed by atoms with Gasteiger partial charge in [-0.25, -0.2) is 0 Å². The molecule has 3 N–H and O–H groups in total. The van der Waals surface area contributed by atoms with Crippen molar-refractivity contribution in [2.45, 2.75) is 24.9 Å². The molecule has 0 bridgehead atoms. The average Bonchev–Trinajstić information content (AvgIpc) is 3.06. The fourth-order valence-electron chi connectivity index (χ4n) is 3.02. The monoisotopic (exact) mass is 296 g/mol. The number of aromatic hydroxyl groups is 1. The van der Waals surface area contributed by atoms with Crippen molar-refractivity contribution in [2.24, 2.45) is 0 Å². The van der Waals surface area contributed by atoms with E-state index in [1.165, 1.54) is 0 Å². The SMILES string of the molecule is O=C(NCc1ccccc1O)C1(c2ccccc2)CCCN1. The van der Waals surface area contributed by atoms with Gasteiger partial charge in [0.05, 0.1) is 0 Å². The summed E-state index contributed by atoms with van der Waals surface area (Å²) >= 11 is 0. The number of carbonyl (C=O) groups is 1. The van der Waals surface area contributed by atoms with Crippen LogP contribution in [0.5, 0.6) is 5.75 Å². The predicted molar refractivity (Wildman–Crippen MR) is 85.3 cm³/mol. The van der Waals surface area contributed by atoms with Crippen LogP contribution in [0.25, 0.3) is 0 Å². The molecule has 1 amide bonds. The van der Waals surface area contributed by atoms with E-state index in [1.54, 1.807) is 12.1 Å². The maximum Gasteiger partial charge on any atom is 0.245 e. The van der Waals surface area contributed by atoms with Crippen molar-refractivity contribution in [1.29, 1.82) is 0 Å². The third-order valence-electron chi connectivity index (χ3n) is 4.24. The Morgan fingerprint density at radius 2 is 1.86 bits per heavy atom. The van der Waals surface area contributed by atoms with Crippen LogP contribution in [-0.4, -0.2) is 17.6 Å². The van der Waals surface area contributed by atoms with Gasteiger partial charge in [-0.1, -0.05) is 48.5 Å². The molecule has 1 aliphatic heterocycles. The highest BCUT2D eigenvalue weighted by atomic mass is 16.3. The van der Waals surface area contributed by atoms with E-state index in [0.717, 1.165) is 30.5 Å². The van der Waals surface area contributed by atoms with Crippen LogP contribution < -0.4 is 10.6 Å². The van der Waals surface area contributed by atoms with E-state index < -0.39 is 5.54 Å². The molecule has 1 atom stereocenters. The number of amides is 1. The second-order valence-corrected chi connectivity index (χ2v) is 5.61. The molecule has 1 saturated heterocycles. The van der Waals surface area contributed by atoms with Gasteiger partial charge in [-0.3, -0.25) is 10.1 Å². The first kappa shape index (κ1) is 14.6. The Bertz CT molecular complexity index is 649. The van der Waals surface area contributed by atoms with E-state index >= 15 is 0 Å². The minimum atomic E-state index is -0.661. The summed E-state index contributed by atoms with van der Waals surface area (Å²) in [6, 6.07) is 16.9. The van der Waals surface area contributed by atoms with Crippen molar-refractivity contribution in [2.75, 3.05) is 6.54 Å². The highest BCUT2D eigenvalue weighted by Crippen LogP contribution is 2.31. The molecule has 22 heavy (non-hydrogen) atoms. The van der Waals surface area contributed by atoms with Gasteiger partial charge in [0.1, 0.15) is 11.3 Å². The first-order valence-corrected chi connectivity index (χ1v) is 7.58. The zero-order chi connectivity index (χ0) is 15.4. The molecule has 0 spiro atoms. The standard InChI is InChI=1S/C18H20N2O2/c21-16-10-5-4-7-14(16)13-19-17(22)18(11-6-12-20-18)15-8-2-1-3-9-15/h1-5,7-10,20-21H,6,11-13H2,(H,19,22). The third kappa shape index (κ3) is 2.70. The van der Waals surface area contributed by atoms with Gasteiger partial charge in [-0.15, -0.1) is 0 Å². The van der Waals surface area contributed by atoms with Crippen molar-refractivity contribution in [1.82, 2.24) is 10.6 Å². The summed E-state index contributed by atoms with van der Waals surface area (Å²) in [5, 5.41) is 16.1. The van der Waals surface area contributed by atoms with E-state index in [9.17, 15) is 9.90 Å². The number of benzene rings is 2. The number of hydrogen-bond acceptors (Lipinski definition) is 3. The smallest absolute Gasteiger partial charge is 0.245 e. The first-order chi connectivity index (χ1) is 10.7. The molecule has 3 rings (SSSR count). The van der Waals surface area contributed by atoms with Crippen LogP contribution in [0.3, 0.4) is 0 Å². The summed E-state index contributed by atoms with van der Waals surface area (Å²) in [4.78, 5) is 12.8. The fraction of sp³-hybridized carbons (Fsp3) is 0.278. The van der Waals surface area contributed by atoms with E-state index in [0.29, 0.717) is 6.54 Å². The Balaban J connectivity index is 1.78. The van der Waals surface area contributed by atoms with Gasteiger partial charge in [0.25, 0.3) is 0 Å². The lowest BCUT2D eigenvalue weighted by Crippen LogP contribution is -2.50. The Morgan fingerprint density at radius 1 is 1.14 bits per heavy atom. The van der Waals surface area contributed by atoms with Crippen LogP contribution >= 0.6 is 0 Å². The molecule has 1 aliphatic rings. The number of para-hydroxylation sites is 1. The van der Waals surface area contributed by atoms with Gasteiger partial charge in [0.2, 0.25) is 5.91 Å². The summed E-state index contributed by atoms with van der Waals surface area (Å²) in [5.41, 5.74) is 1.05. The fourth-order valence-corrected chi connectivity index (χ4v) is 3.02. The second-order valence-electron chi connectivity index (χ2n) is 5.61. The van der Waals surface area contributed by atoms with Gasteiger partial charge in [0, 0.05) is 12.1 Å². The molecule has 114 valence electrons. The topological polar surface area (TPSA) is 61.4 Å². The Morgan fingerprint density at radius 3 is 2.55 bits per heavy atom. The molecule has 1 heterocycles. The number of carbonyl (C=O) groups excluding carboxylic acids is 1. The van der Waals surface area contributed by atoms with E-state index in [-0.39, 0.29) is 11.7 Å². The maximum atomic E-state index is 12.8. The lowest BCUT2D eigenvalue weighted by atomic mass is 9.87. The normalized spacial score (nSPS) is 20.7. The zero-order valence-electron chi connectivity index (χ0n) is 12.4. The first-order valence-electron chi connectivity index (χ1n) is 7.58. The van der Waals surface area contributed by atoms with Crippen LogP contribution in [0.4, 0.5) is 0 Å². The third-order valence-corrected chi connectivity index (χ3v) is 4.24. The van der Waals surface area contributed by atoms with Crippen LogP contribution in [-0.2, 0) is 16.9 Å². The molecular weight excluding hydrogens is 276 g/mol. The Kier molecular flexibility index (Phi) is 4.11. The van der Waals surface area contributed by atoms with Crippen molar-refractivity contribution in [3.63, 3.8) is 0 Å². The average molecular weight is 296 g/mol. The summed E-state index contributed by atoms with van der Waals surface area (Å²) in [6.45, 7) is 1.15. The molecule has 0 aliphatic carbocycles. The van der Waals surface area contributed by atoms with Gasteiger partial charge in [0.15, 0.2) is 0 Å². The van der Waals surface area contributed by atoms with Crippen LogP contribution in [0.2, 0.25) is 0 Å². The lowest BCUT2D eigenvalue weighted by Gasteiger charge is -2.29. The summed E-state index contributed by atoms with van der Waals surface area (Å²) in [7, 11) is 0. The number of phenols is 1. The predicted octanol–water partition coefficient (Wildman–Crippen LogP) is 2.29. The lowest BCUT2D eigenvalue weighted by molar-refractivity contribution is -0.127. The molecule has 1 fully saturated rings.